The van der Waals surface area contributed by atoms with Crippen molar-refractivity contribution in [2.24, 2.45) is 0 Å². The van der Waals surface area contributed by atoms with Gasteiger partial charge in [-0.3, -0.25) is 9.59 Å². The first kappa shape index (κ1) is 17.0. The van der Waals surface area contributed by atoms with E-state index in [0.717, 1.165) is 16.9 Å². The largest absolute Gasteiger partial charge is 0.477 e. The summed E-state index contributed by atoms with van der Waals surface area (Å²) in [5.41, 5.74) is 0.519. The zero-order valence-electron chi connectivity index (χ0n) is 14.0. The van der Waals surface area contributed by atoms with Gasteiger partial charge in [-0.15, -0.1) is 11.3 Å². The quantitative estimate of drug-likeness (QED) is 0.836. The molecular formula is C18H18N2O5S. The molecule has 136 valence electrons. The van der Waals surface area contributed by atoms with Gasteiger partial charge in [-0.05, 0) is 37.0 Å². The van der Waals surface area contributed by atoms with E-state index in [1.54, 1.807) is 23.1 Å². The number of piperidine rings is 1. The molecule has 4 rings (SSSR count). The molecule has 0 radical (unpaired) electrons. The van der Waals surface area contributed by atoms with Gasteiger partial charge in [0.2, 0.25) is 5.56 Å². The number of pyridine rings is 1. The fraction of sp³-hybridized carbons (Fsp3) is 0.389. The van der Waals surface area contributed by atoms with E-state index in [-0.39, 0.29) is 17.2 Å². The number of nitrogens with one attached hydrogen (secondary N) is 1. The maximum absolute atomic E-state index is 12.6. The molecule has 0 bridgehead atoms. The highest BCUT2D eigenvalue weighted by molar-refractivity contribution is 7.14. The molecule has 2 aromatic heterocycles. The van der Waals surface area contributed by atoms with E-state index in [2.05, 4.69) is 4.98 Å². The Morgan fingerprint density at radius 3 is 2.73 bits per heavy atom. The fourth-order valence-electron chi connectivity index (χ4n) is 3.71. The molecule has 2 aromatic rings. The topological polar surface area (TPSA) is 99.7 Å². The lowest BCUT2D eigenvalue weighted by Crippen LogP contribution is -2.48. The van der Waals surface area contributed by atoms with Crippen LogP contribution in [-0.2, 0) is 16.8 Å². The van der Waals surface area contributed by atoms with Crippen LogP contribution < -0.4 is 5.56 Å². The van der Waals surface area contributed by atoms with Crippen molar-refractivity contribution in [3.63, 3.8) is 0 Å². The van der Waals surface area contributed by atoms with Gasteiger partial charge < -0.3 is 19.7 Å². The van der Waals surface area contributed by atoms with Crippen molar-refractivity contribution in [3.05, 3.63) is 55.6 Å². The number of carbonyl (C=O) groups excluding carboxylic acids is 1. The molecule has 2 aliphatic rings. The molecular weight excluding hydrogens is 356 g/mol. The van der Waals surface area contributed by atoms with Gasteiger partial charge in [0.1, 0.15) is 16.2 Å². The summed E-state index contributed by atoms with van der Waals surface area (Å²) in [6, 6.07) is 6.28. The molecule has 4 heterocycles. The minimum Gasteiger partial charge on any atom is -0.477 e. The standard InChI is InChI=1S/C18H18N2O5S/c21-14-3-1-2-12(19-14)16(22)20-7-5-18(6-8-20)15-11(4-9-25-18)10-13(26-15)17(23)24/h1-3,10H,4-9H2,(H,19,21)(H,23,24). The van der Waals surface area contributed by atoms with E-state index in [9.17, 15) is 19.5 Å². The van der Waals surface area contributed by atoms with Crippen LogP contribution in [0.4, 0.5) is 0 Å². The fourth-order valence-corrected chi connectivity index (χ4v) is 4.96. The Bertz CT molecular complexity index is 924. The van der Waals surface area contributed by atoms with Crippen LogP contribution >= 0.6 is 11.3 Å². The van der Waals surface area contributed by atoms with Gasteiger partial charge in [-0.2, -0.15) is 0 Å². The van der Waals surface area contributed by atoms with Gasteiger partial charge in [0.05, 0.1) is 6.61 Å². The minimum atomic E-state index is -0.916. The lowest BCUT2D eigenvalue weighted by molar-refractivity contribution is -0.0906. The number of hydrogen-bond donors (Lipinski definition) is 2. The summed E-state index contributed by atoms with van der Waals surface area (Å²) in [6.45, 7) is 1.55. The number of aromatic nitrogens is 1. The smallest absolute Gasteiger partial charge is 0.345 e. The summed E-state index contributed by atoms with van der Waals surface area (Å²) < 4.78 is 6.10. The summed E-state index contributed by atoms with van der Waals surface area (Å²) >= 11 is 1.28. The second kappa shape index (κ2) is 6.37. The molecule has 2 aliphatic heterocycles. The zero-order chi connectivity index (χ0) is 18.3. The van der Waals surface area contributed by atoms with Gasteiger partial charge in [-0.1, -0.05) is 6.07 Å². The van der Waals surface area contributed by atoms with Gasteiger partial charge in [-0.25, -0.2) is 4.79 Å². The third-order valence-corrected chi connectivity index (χ3v) is 6.39. The van der Waals surface area contributed by atoms with Crippen molar-refractivity contribution in [2.45, 2.75) is 24.9 Å². The van der Waals surface area contributed by atoms with Crippen LogP contribution in [0.25, 0.3) is 0 Å². The van der Waals surface area contributed by atoms with Crippen LogP contribution in [0, 0.1) is 0 Å². The van der Waals surface area contributed by atoms with Gasteiger partial charge >= 0.3 is 5.97 Å². The van der Waals surface area contributed by atoms with Crippen molar-refractivity contribution < 1.29 is 19.4 Å². The lowest BCUT2D eigenvalue weighted by Gasteiger charge is -2.43. The van der Waals surface area contributed by atoms with Crippen molar-refractivity contribution in [2.75, 3.05) is 19.7 Å². The molecule has 1 amide bonds. The van der Waals surface area contributed by atoms with Crippen molar-refractivity contribution in [1.29, 1.82) is 0 Å². The SMILES string of the molecule is O=C(O)c1cc2c(s1)C1(CCN(C(=O)c3cccc(=O)[nH]3)CC1)OCC2. The van der Waals surface area contributed by atoms with Crippen LogP contribution in [0.15, 0.2) is 29.1 Å². The number of ether oxygens (including phenoxy) is 1. The number of carboxylic acid groups (broad SMARTS) is 1. The average Bonchev–Trinajstić information content (AvgIpc) is 3.08. The number of aromatic carboxylic acids is 1. The molecule has 2 N–H and O–H groups in total. The van der Waals surface area contributed by atoms with E-state index in [1.165, 1.54) is 17.4 Å². The van der Waals surface area contributed by atoms with E-state index in [4.69, 9.17) is 4.74 Å². The summed E-state index contributed by atoms with van der Waals surface area (Å²) in [6.07, 6.45) is 1.94. The molecule has 0 saturated carbocycles. The highest BCUT2D eigenvalue weighted by Gasteiger charge is 2.43. The summed E-state index contributed by atoms with van der Waals surface area (Å²) in [4.78, 5) is 40.9. The minimum absolute atomic E-state index is 0.203. The Labute approximate surface area is 153 Å². The Kier molecular flexibility index (Phi) is 4.16. The zero-order valence-corrected chi connectivity index (χ0v) is 14.8. The Balaban J connectivity index is 1.55. The van der Waals surface area contributed by atoms with Crippen molar-refractivity contribution >= 4 is 23.2 Å². The first-order chi connectivity index (χ1) is 12.5. The molecule has 1 spiro atoms. The molecule has 7 nitrogen and oxygen atoms in total. The van der Waals surface area contributed by atoms with Crippen LogP contribution in [0.1, 0.15) is 43.4 Å². The van der Waals surface area contributed by atoms with Gasteiger partial charge in [0.15, 0.2) is 0 Å². The number of amides is 1. The highest BCUT2D eigenvalue weighted by Crippen LogP contribution is 2.45. The number of carboxylic acids is 1. The number of aromatic amines is 1. The van der Waals surface area contributed by atoms with E-state index >= 15 is 0 Å². The highest BCUT2D eigenvalue weighted by atomic mass is 32.1. The van der Waals surface area contributed by atoms with E-state index in [0.29, 0.717) is 37.4 Å². The number of likely N-dealkylation sites (tertiary alicyclic amines) is 1. The van der Waals surface area contributed by atoms with Gasteiger partial charge in [0.25, 0.3) is 5.91 Å². The molecule has 0 atom stereocenters. The van der Waals surface area contributed by atoms with Crippen molar-refractivity contribution in [1.82, 2.24) is 9.88 Å². The third kappa shape index (κ3) is 2.85. The summed E-state index contributed by atoms with van der Waals surface area (Å²) in [5, 5.41) is 9.27. The average molecular weight is 374 g/mol. The maximum Gasteiger partial charge on any atom is 0.345 e. The van der Waals surface area contributed by atoms with Gasteiger partial charge in [0, 0.05) is 24.0 Å². The number of nitrogens with zero attached hydrogens (tertiary/aromatic N) is 1. The Morgan fingerprint density at radius 1 is 1.27 bits per heavy atom. The van der Waals surface area contributed by atoms with Crippen LogP contribution in [0.2, 0.25) is 0 Å². The second-order valence-corrected chi connectivity index (χ2v) is 7.64. The van der Waals surface area contributed by atoms with Crippen LogP contribution in [-0.4, -0.2) is 46.6 Å². The Hall–Kier alpha value is -2.45. The van der Waals surface area contributed by atoms with E-state index in [1.807, 2.05) is 0 Å². The van der Waals surface area contributed by atoms with Crippen molar-refractivity contribution in [3.8, 4) is 0 Å². The molecule has 1 saturated heterocycles. The number of fused-ring (bicyclic) bond motifs is 2. The number of rotatable bonds is 2. The number of H-pyrrole nitrogens is 1. The second-order valence-electron chi connectivity index (χ2n) is 6.58. The summed E-state index contributed by atoms with van der Waals surface area (Å²) in [7, 11) is 0. The summed E-state index contributed by atoms with van der Waals surface area (Å²) in [5.74, 6) is -1.12. The number of carbonyl (C=O) groups is 2. The predicted octanol–water partition coefficient (Wildman–Crippen LogP) is 1.84. The predicted molar refractivity (Wildman–Crippen MR) is 94.8 cm³/mol. The number of thiophene rings is 1. The Morgan fingerprint density at radius 2 is 2.04 bits per heavy atom. The normalized spacial score (nSPS) is 18.5. The number of hydrogen-bond acceptors (Lipinski definition) is 5. The van der Waals surface area contributed by atoms with Crippen LogP contribution in [0.5, 0.6) is 0 Å². The first-order valence-corrected chi connectivity index (χ1v) is 9.29. The third-order valence-electron chi connectivity index (χ3n) is 5.04. The first-order valence-electron chi connectivity index (χ1n) is 8.48. The molecule has 0 unspecified atom stereocenters. The molecule has 8 heteroatoms. The molecule has 1 fully saturated rings. The molecule has 0 aromatic carbocycles. The monoisotopic (exact) mass is 374 g/mol. The molecule has 26 heavy (non-hydrogen) atoms. The van der Waals surface area contributed by atoms with Crippen LogP contribution in [0.3, 0.4) is 0 Å². The maximum atomic E-state index is 12.6. The lowest BCUT2D eigenvalue weighted by atomic mass is 9.85. The van der Waals surface area contributed by atoms with E-state index < -0.39 is 11.6 Å². The molecule has 0 aliphatic carbocycles.